The Kier molecular flexibility index (Phi) is 4.14. The quantitative estimate of drug-likeness (QED) is 0.822. The van der Waals surface area contributed by atoms with Crippen LogP contribution in [0.5, 0.6) is 0 Å². The maximum Gasteiger partial charge on any atom is 0.289 e. The fourth-order valence-corrected chi connectivity index (χ4v) is 3.39. The normalized spacial score (nSPS) is 28.0. The Morgan fingerprint density at radius 2 is 2.05 bits per heavy atom. The minimum atomic E-state index is -0.0155. The van der Waals surface area contributed by atoms with Crippen molar-refractivity contribution in [2.75, 3.05) is 39.4 Å². The predicted molar refractivity (Wildman–Crippen MR) is 77.7 cm³/mol. The number of carbonyl (C=O) groups excluding carboxylic acids is 1. The van der Waals surface area contributed by atoms with Gasteiger partial charge in [0, 0.05) is 32.2 Å². The van der Waals surface area contributed by atoms with Crippen molar-refractivity contribution >= 4 is 21.8 Å². The van der Waals surface area contributed by atoms with Crippen LogP contribution in [0.25, 0.3) is 0 Å². The summed E-state index contributed by atoms with van der Waals surface area (Å²) in [6.45, 7) is 7.29. The van der Waals surface area contributed by atoms with Gasteiger partial charge in [0.1, 0.15) is 0 Å². The number of hydrogen-bond acceptors (Lipinski definition) is 4. The lowest BCUT2D eigenvalue weighted by Crippen LogP contribution is -2.47. The average Bonchev–Trinajstić information content (AvgIpc) is 3.05. The Hall–Kier alpha value is -0.850. The fourth-order valence-electron chi connectivity index (χ4n) is 3.08. The van der Waals surface area contributed by atoms with Gasteiger partial charge >= 0.3 is 0 Å². The lowest BCUT2D eigenvalue weighted by molar-refractivity contribution is 0.0119. The van der Waals surface area contributed by atoms with Crippen LogP contribution in [0.15, 0.2) is 21.2 Å². The molecular weight excluding hydrogens is 324 g/mol. The van der Waals surface area contributed by atoms with E-state index in [-0.39, 0.29) is 5.91 Å². The van der Waals surface area contributed by atoms with Crippen molar-refractivity contribution in [2.45, 2.75) is 13.0 Å². The third-order valence-electron chi connectivity index (χ3n) is 4.16. The van der Waals surface area contributed by atoms with Gasteiger partial charge in [-0.05, 0) is 34.0 Å². The third-order valence-corrected chi connectivity index (χ3v) is 4.58. The molecule has 0 N–H and O–H groups in total. The summed E-state index contributed by atoms with van der Waals surface area (Å²) in [5.74, 6) is 0.875. The molecule has 0 unspecified atom stereocenters. The lowest BCUT2D eigenvalue weighted by Gasteiger charge is -2.33. The molecule has 1 aromatic heterocycles. The highest BCUT2D eigenvalue weighted by Crippen LogP contribution is 2.25. The number of rotatable bonds is 2. The van der Waals surface area contributed by atoms with Gasteiger partial charge in [0.2, 0.25) is 0 Å². The molecule has 3 heterocycles. The summed E-state index contributed by atoms with van der Waals surface area (Å²) in [5.41, 5.74) is 0. The molecular formula is C14H19BrN2O3. The van der Waals surface area contributed by atoms with E-state index in [2.05, 4.69) is 27.8 Å². The molecule has 110 valence electrons. The van der Waals surface area contributed by atoms with E-state index in [0.29, 0.717) is 22.4 Å². The number of halogens is 1. The second kappa shape index (κ2) is 5.87. The van der Waals surface area contributed by atoms with Crippen LogP contribution >= 0.6 is 15.9 Å². The molecule has 3 rings (SSSR count). The van der Waals surface area contributed by atoms with Gasteiger partial charge in [0.15, 0.2) is 10.4 Å². The van der Waals surface area contributed by atoms with Crippen molar-refractivity contribution < 1.29 is 13.9 Å². The second-order valence-corrected chi connectivity index (χ2v) is 6.29. The zero-order valence-electron chi connectivity index (χ0n) is 11.5. The van der Waals surface area contributed by atoms with Crippen LogP contribution in [0.2, 0.25) is 0 Å². The highest BCUT2D eigenvalue weighted by atomic mass is 79.9. The molecule has 2 aliphatic rings. The van der Waals surface area contributed by atoms with E-state index < -0.39 is 0 Å². The molecule has 0 aromatic carbocycles. The summed E-state index contributed by atoms with van der Waals surface area (Å²) in [6.07, 6.45) is 0. The first-order valence-corrected chi connectivity index (χ1v) is 7.81. The highest BCUT2D eigenvalue weighted by Gasteiger charge is 2.37. The van der Waals surface area contributed by atoms with E-state index in [1.54, 1.807) is 12.1 Å². The van der Waals surface area contributed by atoms with Crippen LogP contribution < -0.4 is 0 Å². The second-order valence-electron chi connectivity index (χ2n) is 5.51. The number of likely N-dealkylation sites (tertiary alicyclic amines) is 1. The van der Waals surface area contributed by atoms with Crippen molar-refractivity contribution in [3.05, 3.63) is 22.6 Å². The molecule has 5 nitrogen and oxygen atoms in total. The fraction of sp³-hybridized carbons (Fsp3) is 0.643. The van der Waals surface area contributed by atoms with Gasteiger partial charge < -0.3 is 14.1 Å². The van der Waals surface area contributed by atoms with Crippen molar-refractivity contribution in [3.63, 3.8) is 0 Å². The molecule has 0 aliphatic carbocycles. The monoisotopic (exact) mass is 342 g/mol. The summed E-state index contributed by atoms with van der Waals surface area (Å²) in [4.78, 5) is 16.7. The Morgan fingerprint density at radius 3 is 2.70 bits per heavy atom. The Labute approximate surface area is 127 Å². The van der Waals surface area contributed by atoms with Crippen LogP contribution in [0.1, 0.15) is 17.5 Å². The largest absolute Gasteiger partial charge is 0.444 e. The molecule has 1 amide bonds. The molecule has 2 aliphatic heterocycles. The number of hydrogen-bond donors (Lipinski definition) is 0. The maximum absolute atomic E-state index is 12.4. The molecule has 0 radical (unpaired) electrons. The predicted octanol–water partition coefficient (Wildman–Crippen LogP) is 1.83. The summed E-state index contributed by atoms with van der Waals surface area (Å²) in [7, 11) is 0. The zero-order chi connectivity index (χ0) is 14.1. The molecule has 2 saturated heterocycles. The summed E-state index contributed by atoms with van der Waals surface area (Å²) in [6, 6.07) is 3.91. The number of carbonyl (C=O) groups is 1. The van der Waals surface area contributed by atoms with E-state index in [4.69, 9.17) is 9.15 Å². The number of morpholine rings is 1. The van der Waals surface area contributed by atoms with Gasteiger partial charge in [-0.25, -0.2) is 0 Å². The lowest BCUT2D eigenvalue weighted by atomic mass is 10.0. The zero-order valence-corrected chi connectivity index (χ0v) is 13.1. The van der Waals surface area contributed by atoms with Crippen molar-refractivity contribution in [1.82, 2.24) is 9.80 Å². The minimum absolute atomic E-state index is 0.0155. The standard InChI is InChI=1S/C14H19BrN2O3/c1-10-8-17(14(18)12-2-3-13(15)20-12)9-11(10)16-4-6-19-7-5-16/h2-3,10-11H,4-9H2,1H3/t10-,11+/m0/s1. The minimum Gasteiger partial charge on any atom is -0.444 e. The highest BCUT2D eigenvalue weighted by molar-refractivity contribution is 9.10. The Balaban J connectivity index is 1.66. The van der Waals surface area contributed by atoms with Crippen LogP contribution in [-0.2, 0) is 4.74 Å². The van der Waals surface area contributed by atoms with Gasteiger partial charge in [0.25, 0.3) is 5.91 Å². The maximum atomic E-state index is 12.4. The van der Waals surface area contributed by atoms with Gasteiger partial charge in [-0.15, -0.1) is 0 Å². The van der Waals surface area contributed by atoms with Gasteiger partial charge in [-0.3, -0.25) is 9.69 Å². The van der Waals surface area contributed by atoms with Crippen molar-refractivity contribution in [3.8, 4) is 0 Å². The number of amides is 1. The topological polar surface area (TPSA) is 45.9 Å². The Morgan fingerprint density at radius 1 is 1.30 bits per heavy atom. The first kappa shape index (κ1) is 14.1. The Bertz CT molecular complexity index is 485. The first-order chi connectivity index (χ1) is 9.65. The molecule has 6 heteroatoms. The van der Waals surface area contributed by atoms with Crippen LogP contribution in [0.3, 0.4) is 0 Å². The van der Waals surface area contributed by atoms with Crippen LogP contribution in [0.4, 0.5) is 0 Å². The SMILES string of the molecule is C[C@H]1CN(C(=O)c2ccc(Br)o2)C[C@H]1N1CCOCC1. The van der Waals surface area contributed by atoms with Crippen molar-refractivity contribution in [1.29, 1.82) is 0 Å². The van der Waals surface area contributed by atoms with Gasteiger partial charge in [-0.2, -0.15) is 0 Å². The molecule has 20 heavy (non-hydrogen) atoms. The van der Waals surface area contributed by atoms with Crippen LogP contribution in [-0.4, -0.2) is 61.1 Å². The summed E-state index contributed by atoms with van der Waals surface area (Å²) in [5, 5.41) is 0. The summed E-state index contributed by atoms with van der Waals surface area (Å²) >= 11 is 3.24. The van der Waals surface area contributed by atoms with E-state index in [0.717, 1.165) is 39.4 Å². The molecule has 0 bridgehead atoms. The van der Waals surface area contributed by atoms with Crippen LogP contribution in [0, 0.1) is 5.92 Å². The van der Waals surface area contributed by atoms with E-state index >= 15 is 0 Å². The third kappa shape index (κ3) is 2.77. The smallest absolute Gasteiger partial charge is 0.289 e. The summed E-state index contributed by atoms with van der Waals surface area (Å²) < 4.78 is 11.4. The number of nitrogens with zero attached hydrogens (tertiary/aromatic N) is 2. The molecule has 2 atom stereocenters. The van der Waals surface area contributed by atoms with E-state index in [9.17, 15) is 4.79 Å². The number of ether oxygens (including phenoxy) is 1. The first-order valence-electron chi connectivity index (χ1n) is 7.01. The average molecular weight is 343 g/mol. The van der Waals surface area contributed by atoms with E-state index in [1.165, 1.54) is 0 Å². The number of furan rings is 1. The molecule has 1 aromatic rings. The van der Waals surface area contributed by atoms with Crippen molar-refractivity contribution in [2.24, 2.45) is 5.92 Å². The van der Waals surface area contributed by atoms with E-state index in [1.807, 2.05) is 4.90 Å². The molecule has 0 spiro atoms. The van der Waals surface area contributed by atoms with Gasteiger partial charge in [0.05, 0.1) is 13.2 Å². The van der Waals surface area contributed by atoms with Gasteiger partial charge in [-0.1, -0.05) is 6.92 Å². The molecule has 2 fully saturated rings. The molecule has 0 saturated carbocycles.